The number of aromatic nitrogens is 3. The van der Waals surface area contributed by atoms with Crippen molar-refractivity contribution >= 4 is 34.7 Å². The first kappa shape index (κ1) is 21.9. The van der Waals surface area contributed by atoms with E-state index in [1.54, 1.807) is 49.1 Å². The number of anilines is 1. The third-order valence-corrected chi connectivity index (χ3v) is 6.45. The van der Waals surface area contributed by atoms with Gasteiger partial charge < -0.3 is 14.6 Å². The van der Waals surface area contributed by atoms with Crippen LogP contribution in [0.1, 0.15) is 28.3 Å². The average Bonchev–Trinajstić information content (AvgIpc) is 3.49. The molecule has 1 fully saturated rings. The van der Waals surface area contributed by atoms with Crippen LogP contribution < -0.4 is 5.32 Å². The maximum Gasteiger partial charge on any atom is 0.258 e. The van der Waals surface area contributed by atoms with E-state index in [0.29, 0.717) is 29.5 Å². The number of likely N-dealkylation sites (tertiary alicyclic amines) is 1. The number of benzene rings is 1. The molecule has 0 bridgehead atoms. The number of halogens is 1. The van der Waals surface area contributed by atoms with Crippen LogP contribution >= 0.6 is 11.6 Å². The van der Waals surface area contributed by atoms with Crippen LogP contribution in [-0.2, 0) is 4.79 Å². The summed E-state index contributed by atoms with van der Waals surface area (Å²) < 4.78 is 2.02. The zero-order valence-corrected chi connectivity index (χ0v) is 19.1. The van der Waals surface area contributed by atoms with Gasteiger partial charge in [0.25, 0.3) is 5.91 Å². The molecule has 1 unspecified atom stereocenters. The molecule has 0 radical (unpaired) electrons. The van der Waals surface area contributed by atoms with Crippen molar-refractivity contribution in [3.8, 4) is 11.3 Å². The summed E-state index contributed by atoms with van der Waals surface area (Å²) in [6.07, 6.45) is 7.39. The number of hydrogen-bond acceptors (Lipinski definition) is 4. The van der Waals surface area contributed by atoms with Crippen molar-refractivity contribution in [2.75, 3.05) is 18.4 Å². The third kappa shape index (κ3) is 4.06. The Labute approximate surface area is 201 Å². The molecule has 2 amide bonds. The minimum atomic E-state index is -0.324. The molecule has 1 saturated heterocycles. The molecule has 8 heteroatoms. The van der Waals surface area contributed by atoms with Gasteiger partial charge in [-0.2, -0.15) is 0 Å². The summed E-state index contributed by atoms with van der Waals surface area (Å²) in [4.78, 5) is 35.0. The van der Waals surface area contributed by atoms with Crippen molar-refractivity contribution in [2.24, 2.45) is 0 Å². The molecule has 7 nitrogen and oxygen atoms in total. The Morgan fingerprint density at radius 2 is 2.03 bits per heavy atom. The second-order valence-corrected chi connectivity index (χ2v) is 8.57. The smallest absolute Gasteiger partial charge is 0.258 e. The number of amides is 2. The average molecular weight is 472 g/mol. The highest BCUT2D eigenvalue weighted by atomic mass is 35.5. The van der Waals surface area contributed by atoms with Crippen molar-refractivity contribution in [1.29, 1.82) is 0 Å². The highest BCUT2D eigenvalue weighted by Crippen LogP contribution is 2.36. The quantitative estimate of drug-likeness (QED) is 0.424. The predicted octanol–water partition coefficient (Wildman–Crippen LogP) is 4.80. The standard InChI is InChI=1S/C26H22ClN5O2/c1-2-25(33)31-12-9-18(15-31)20-14-23(32-16-28-11-8-22(20)32)17-6-7-19(21(27)13-17)26(34)30-24-5-3-4-10-29-24/h2-8,10-11,13-14,16,18H,1,9,12,15H2,(H,29,30,34). The maximum atomic E-state index is 12.7. The van der Waals surface area contributed by atoms with Crippen LogP contribution in [0.15, 0.2) is 79.9 Å². The van der Waals surface area contributed by atoms with Crippen molar-refractivity contribution in [1.82, 2.24) is 19.3 Å². The lowest BCUT2D eigenvalue weighted by Gasteiger charge is -2.13. The van der Waals surface area contributed by atoms with Crippen LogP contribution in [0, 0.1) is 0 Å². The van der Waals surface area contributed by atoms with Gasteiger partial charge >= 0.3 is 0 Å². The Morgan fingerprint density at radius 3 is 2.79 bits per heavy atom. The number of carbonyl (C=O) groups is 2. The van der Waals surface area contributed by atoms with Gasteiger partial charge in [-0.15, -0.1) is 0 Å². The van der Waals surface area contributed by atoms with E-state index in [2.05, 4.69) is 27.9 Å². The van der Waals surface area contributed by atoms with Crippen LogP contribution in [0.2, 0.25) is 5.02 Å². The number of rotatable bonds is 5. The van der Waals surface area contributed by atoms with Crippen LogP contribution in [0.25, 0.3) is 16.8 Å². The van der Waals surface area contributed by atoms with Gasteiger partial charge in [-0.1, -0.05) is 30.3 Å². The van der Waals surface area contributed by atoms with Gasteiger partial charge in [0.15, 0.2) is 0 Å². The molecule has 170 valence electrons. The molecule has 34 heavy (non-hydrogen) atoms. The number of pyridine rings is 1. The summed E-state index contributed by atoms with van der Waals surface area (Å²) in [6, 6.07) is 14.8. The molecule has 0 aliphatic carbocycles. The monoisotopic (exact) mass is 471 g/mol. The van der Waals surface area contributed by atoms with Gasteiger partial charge in [-0.05, 0) is 54.5 Å². The van der Waals surface area contributed by atoms with E-state index in [-0.39, 0.29) is 17.7 Å². The van der Waals surface area contributed by atoms with Gasteiger partial charge in [0.1, 0.15) is 5.82 Å². The molecule has 1 N–H and O–H groups in total. The highest BCUT2D eigenvalue weighted by molar-refractivity contribution is 6.34. The van der Waals surface area contributed by atoms with Crippen molar-refractivity contribution in [3.05, 3.63) is 96.1 Å². The largest absolute Gasteiger partial charge is 0.339 e. The topological polar surface area (TPSA) is 79.6 Å². The summed E-state index contributed by atoms with van der Waals surface area (Å²) >= 11 is 6.54. The Morgan fingerprint density at radius 1 is 1.15 bits per heavy atom. The lowest BCUT2D eigenvalue weighted by molar-refractivity contribution is -0.125. The molecular weight excluding hydrogens is 450 g/mol. The molecule has 0 spiro atoms. The van der Waals surface area contributed by atoms with Crippen molar-refractivity contribution in [2.45, 2.75) is 12.3 Å². The fourth-order valence-electron chi connectivity index (χ4n) is 4.45. The second kappa shape index (κ2) is 9.11. The van der Waals surface area contributed by atoms with E-state index in [1.165, 1.54) is 6.08 Å². The summed E-state index contributed by atoms with van der Waals surface area (Å²) in [6.45, 7) is 4.96. The van der Waals surface area contributed by atoms with E-state index in [4.69, 9.17) is 11.6 Å². The van der Waals surface area contributed by atoms with E-state index in [9.17, 15) is 9.59 Å². The normalized spacial score (nSPS) is 15.4. The predicted molar refractivity (Wildman–Crippen MR) is 132 cm³/mol. The minimum Gasteiger partial charge on any atom is -0.339 e. The lowest BCUT2D eigenvalue weighted by atomic mass is 9.98. The number of carbonyl (C=O) groups excluding carboxylic acids is 2. The summed E-state index contributed by atoms with van der Waals surface area (Å²) in [5, 5.41) is 3.10. The maximum absolute atomic E-state index is 12.7. The van der Waals surface area contributed by atoms with Crippen LogP contribution in [0.4, 0.5) is 5.82 Å². The molecule has 1 atom stereocenters. The first-order chi connectivity index (χ1) is 16.5. The highest BCUT2D eigenvalue weighted by Gasteiger charge is 2.29. The molecule has 1 aliphatic heterocycles. The molecule has 4 heterocycles. The van der Waals surface area contributed by atoms with E-state index >= 15 is 0 Å². The lowest BCUT2D eigenvalue weighted by Crippen LogP contribution is -2.26. The van der Waals surface area contributed by atoms with Crippen molar-refractivity contribution < 1.29 is 9.59 Å². The first-order valence-corrected chi connectivity index (χ1v) is 11.3. The number of nitrogens with zero attached hydrogens (tertiary/aromatic N) is 4. The molecule has 5 rings (SSSR count). The molecule has 1 aromatic carbocycles. The third-order valence-electron chi connectivity index (χ3n) is 6.14. The Kier molecular flexibility index (Phi) is 5.86. The number of hydrogen-bond donors (Lipinski definition) is 1. The summed E-state index contributed by atoms with van der Waals surface area (Å²) in [5.41, 5.74) is 4.35. The van der Waals surface area contributed by atoms with Crippen LogP contribution in [0.5, 0.6) is 0 Å². The van der Waals surface area contributed by atoms with Gasteiger partial charge in [0, 0.05) is 37.0 Å². The van der Waals surface area contributed by atoms with Gasteiger partial charge in [0.2, 0.25) is 5.91 Å². The molecular formula is C26H22ClN5O2. The van der Waals surface area contributed by atoms with Crippen molar-refractivity contribution in [3.63, 3.8) is 0 Å². The van der Waals surface area contributed by atoms with Gasteiger partial charge in [-0.25, -0.2) is 9.97 Å². The first-order valence-electron chi connectivity index (χ1n) is 10.9. The zero-order chi connectivity index (χ0) is 23.7. The molecule has 4 aromatic rings. The summed E-state index contributed by atoms with van der Waals surface area (Å²) in [7, 11) is 0. The van der Waals surface area contributed by atoms with E-state index in [0.717, 1.165) is 28.8 Å². The van der Waals surface area contributed by atoms with Gasteiger partial charge in [-0.3, -0.25) is 9.59 Å². The van der Waals surface area contributed by atoms with E-state index in [1.807, 2.05) is 21.4 Å². The SMILES string of the molecule is C=CC(=O)N1CCC(c2cc(-c3ccc(C(=O)Nc4ccccn4)c(Cl)c3)n3cnccc23)C1. The fraction of sp³-hybridized carbons (Fsp3) is 0.154. The Bertz CT molecular complexity index is 1400. The van der Waals surface area contributed by atoms with Crippen LogP contribution in [0.3, 0.4) is 0 Å². The summed E-state index contributed by atoms with van der Waals surface area (Å²) in [5.74, 6) is 0.310. The minimum absolute atomic E-state index is 0.0424. The van der Waals surface area contributed by atoms with E-state index < -0.39 is 0 Å². The fourth-order valence-corrected chi connectivity index (χ4v) is 4.72. The number of fused-ring (bicyclic) bond motifs is 1. The molecule has 3 aromatic heterocycles. The van der Waals surface area contributed by atoms with Crippen LogP contribution in [-0.4, -0.2) is 44.2 Å². The Balaban J connectivity index is 1.47. The van der Waals surface area contributed by atoms with Gasteiger partial charge in [0.05, 0.1) is 28.1 Å². The molecule has 1 aliphatic rings. The second-order valence-electron chi connectivity index (χ2n) is 8.16. The molecule has 0 saturated carbocycles. The number of nitrogens with one attached hydrogen (secondary N) is 1. The zero-order valence-electron chi connectivity index (χ0n) is 18.3. The Hall–Kier alpha value is -3.97.